The van der Waals surface area contributed by atoms with Crippen molar-refractivity contribution in [2.24, 2.45) is 0 Å². The lowest BCUT2D eigenvalue weighted by Crippen LogP contribution is -2.43. The molecule has 0 aliphatic carbocycles. The second kappa shape index (κ2) is 7.99. The van der Waals surface area contributed by atoms with Gasteiger partial charge >= 0.3 is 0 Å². The summed E-state index contributed by atoms with van der Waals surface area (Å²) < 4.78 is 0. The van der Waals surface area contributed by atoms with E-state index in [4.69, 9.17) is 23.2 Å². The van der Waals surface area contributed by atoms with E-state index in [0.717, 1.165) is 22.6 Å². The third kappa shape index (κ3) is 4.48. The van der Waals surface area contributed by atoms with Crippen LogP contribution in [-0.2, 0) is 11.2 Å². The Bertz CT molecular complexity index is 688. The first-order valence-electron chi connectivity index (χ1n) is 7.90. The van der Waals surface area contributed by atoms with Crippen molar-refractivity contribution in [3.8, 4) is 0 Å². The van der Waals surface area contributed by atoms with Gasteiger partial charge in [0.1, 0.15) is 6.04 Å². The first-order valence-corrected chi connectivity index (χ1v) is 8.66. The van der Waals surface area contributed by atoms with Crippen LogP contribution in [-0.4, -0.2) is 18.5 Å². The normalized spacial score (nSPS) is 20.1. The molecule has 1 saturated heterocycles. The summed E-state index contributed by atoms with van der Waals surface area (Å²) >= 11 is 11.8. The van der Waals surface area contributed by atoms with Crippen molar-refractivity contribution in [1.82, 2.24) is 16.2 Å². The van der Waals surface area contributed by atoms with Crippen LogP contribution < -0.4 is 16.2 Å². The van der Waals surface area contributed by atoms with Gasteiger partial charge in [0.25, 0.3) is 0 Å². The van der Waals surface area contributed by atoms with Crippen LogP contribution in [0.3, 0.4) is 0 Å². The molecule has 0 aromatic heterocycles. The van der Waals surface area contributed by atoms with Crippen LogP contribution in [0.15, 0.2) is 48.5 Å². The van der Waals surface area contributed by atoms with Gasteiger partial charge in [0.05, 0.1) is 0 Å². The topological polar surface area (TPSA) is 53.2 Å². The number of carbonyl (C=O) groups excluding carboxylic acids is 1. The van der Waals surface area contributed by atoms with Crippen LogP contribution in [0.25, 0.3) is 0 Å². The molecule has 2 atom stereocenters. The Hall–Kier alpha value is -1.59. The fraction of sp³-hybridized carbons (Fsp3) is 0.278. The standard InChI is InChI=1S/C18H19Cl2N3O/c19-14-5-1-12(2-6-14)9-10-21-18(24)17-11-16(22-23-17)13-3-7-15(20)8-4-13/h1-8,16-17,22-23H,9-11H2,(H,21,24). The molecule has 2 aromatic carbocycles. The Balaban J connectivity index is 1.46. The number of amides is 1. The van der Waals surface area contributed by atoms with Gasteiger partial charge in [-0.25, -0.2) is 10.9 Å². The molecule has 1 aliphatic rings. The van der Waals surface area contributed by atoms with E-state index in [2.05, 4.69) is 16.2 Å². The summed E-state index contributed by atoms with van der Waals surface area (Å²) in [5.74, 6) is 0.00734. The molecular formula is C18H19Cl2N3O. The highest BCUT2D eigenvalue weighted by Crippen LogP contribution is 2.23. The zero-order chi connectivity index (χ0) is 16.9. The summed E-state index contributed by atoms with van der Waals surface area (Å²) in [4.78, 5) is 12.3. The molecule has 0 saturated carbocycles. The number of hydrogen-bond donors (Lipinski definition) is 3. The summed E-state index contributed by atoms with van der Waals surface area (Å²) in [5.41, 5.74) is 8.50. The third-order valence-electron chi connectivity index (χ3n) is 4.12. The maximum atomic E-state index is 12.3. The number of benzene rings is 2. The lowest BCUT2D eigenvalue weighted by molar-refractivity contribution is -0.122. The molecule has 1 amide bonds. The number of hydrazine groups is 1. The van der Waals surface area contributed by atoms with Crippen molar-refractivity contribution < 1.29 is 4.79 Å². The molecule has 0 radical (unpaired) electrons. The predicted octanol–water partition coefficient (Wildman–Crippen LogP) is 3.26. The predicted molar refractivity (Wildman–Crippen MR) is 97.0 cm³/mol. The highest BCUT2D eigenvalue weighted by Gasteiger charge is 2.29. The number of rotatable bonds is 5. The molecular weight excluding hydrogens is 345 g/mol. The van der Waals surface area contributed by atoms with Gasteiger partial charge < -0.3 is 5.32 Å². The van der Waals surface area contributed by atoms with Crippen molar-refractivity contribution in [2.45, 2.75) is 24.9 Å². The van der Waals surface area contributed by atoms with Gasteiger partial charge in [-0.15, -0.1) is 0 Å². The van der Waals surface area contributed by atoms with Crippen LogP contribution in [0.2, 0.25) is 10.0 Å². The molecule has 24 heavy (non-hydrogen) atoms. The molecule has 1 aliphatic heterocycles. The van der Waals surface area contributed by atoms with Crippen LogP contribution >= 0.6 is 23.2 Å². The Morgan fingerprint density at radius 1 is 1.00 bits per heavy atom. The average molecular weight is 364 g/mol. The number of hydrogen-bond acceptors (Lipinski definition) is 3. The lowest BCUT2D eigenvalue weighted by Gasteiger charge is -2.11. The smallest absolute Gasteiger partial charge is 0.238 e. The monoisotopic (exact) mass is 363 g/mol. The van der Waals surface area contributed by atoms with Crippen LogP contribution in [0.5, 0.6) is 0 Å². The van der Waals surface area contributed by atoms with E-state index in [0.29, 0.717) is 18.0 Å². The van der Waals surface area contributed by atoms with E-state index in [-0.39, 0.29) is 18.0 Å². The molecule has 126 valence electrons. The van der Waals surface area contributed by atoms with Crippen molar-refractivity contribution >= 4 is 29.1 Å². The summed E-state index contributed by atoms with van der Waals surface area (Å²) in [5, 5.41) is 4.40. The zero-order valence-corrected chi connectivity index (χ0v) is 14.6. The SMILES string of the molecule is O=C(NCCc1ccc(Cl)cc1)C1CC(c2ccc(Cl)cc2)NN1. The number of nitrogens with one attached hydrogen (secondary N) is 3. The van der Waals surface area contributed by atoms with E-state index in [9.17, 15) is 4.79 Å². The Morgan fingerprint density at radius 3 is 2.29 bits per heavy atom. The van der Waals surface area contributed by atoms with Gasteiger partial charge in [-0.2, -0.15) is 0 Å². The fourth-order valence-electron chi connectivity index (χ4n) is 2.75. The van der Waals surface area contributed by atoms with E-state index < -0.39 is 0 Å². The average Bonchev–Trinajstić information content (AvgIpc) is 3.07. The van der Waals surface area contributed by atoms with Crippen molar-refractivity contribution in [3.63, 3.8) is 0 Å². The van der Waals surface area contributed by atoms with Crippen LogP contribution in [0.1, 0.15) is 23.6 Å². The highest BCUT2D eigenvalue weighted by atomic mass is 35.5. The number of halogens is 2. The van der Waals surface area contributed by atoms with Crippen molar-refractivity contribution in [3.05, 3.63) is 69.7 Å². The number of carbonyl (C=O) groups is 1. The van der Waals surface area contributed by atoms with E-state index >= 15 is 0 Å². The summed E-state index contributed by atoms with van der Waals surface area (Å²) in [7, 11) is 0. The molecule has 1 heterocycles. The minimum absolute atomic E-state index is 0.00734. The van der Waals surface area contributed by atoms with E-state index in [1.807, 2.05) is 48.5 Å². The molecule has 6 heteroatoms. The first-order chi connectivity index (χ1) is 11.6. The molecule has 3 rings (SSSR count). The largest absolute Gasteiger partial charge is 0.354 e. The van der Waals surface area contributed by atoms with Gasteiger partial charge in [-0.3, -0.25) is 4.79 Å². The highest BCUT2D eigenvalue weighted by molar-refractivity contribution is 6.30. The van der Waals surface area contributed by atoms with Crippen molar-refractivity contribution in [2.75, 3.05) is 6.54 Å². The van der Waals surface area contributed by atoms with Crippen molar-refractivity contribution in [1.29, 1.82) is 0 Å². The molecule has 4 nitrogen and oxygen atoms in total. The Morgan fingerprint density at radius 2 is 1.62 bits per heavy atom. The molecule has 2 unspecified atom stereocenters. The minimum atomic E-state index is -0.240. The maximum absolute atomic E-state index is 12.3. The van der Waals surface area contributed by atoms with E-state index in [1.165, 1.54) is 0 Å². The maximum Gasteiger partial charge on any atom is 0.238 e. The van der Waals surface area contributed by atoms with Gasteiger partial charge in [0, 0.05) is 22.6 Å². The summed E-state index contributed by atoms with van der Waals surface area (Å²) in [6.07, 6.45) is 1.48. The molecule has 2 aromatic rings. The minimum Gasteiger partial charge on any atom is -0.354 e. The summed E-state index contributed by atoms with van der Waals surface area (Å²) in [6.45, 7) is 0.601. The van der Waals surface area contributed by atoms with Crippen LogP contribution in [0, 0.1) is 0 Å². The molecule has 0 spiro atoms. The third-order valence-corrected chi connectivity index (χ3v) is 4.62. The Kier molecular flexibility index (Phi) is 5.74. The molecule has 0 bridgehead atoms. The van der Waals surface area contributed by atoms with Gasteiger partial charge in [-0.05, 0) is 48.2 Å². The second-order valence-electron chi connectivity index (χ2n) is 5.85. The van der Waals surface area contributed by atoms with Gasteiger partial charge in [0.2, 0.25) is 5.91 Å². The van der Waals surface area contributed by atoms with Gasteiger partial charge in [-0.1, -0.05) is 47.5 Å². The first kappa shape index (κ1) is 17.2. The quantitative estimate of drug-likeness (QED) is 0.764. The summed E-state index contributed by atoms with van der Waals surface area (Å²) in [6, 6.07) is 15.2. The Labute approximate surface area is 151 Å². The second-order valence-corrected chi connectivity index (χ2v) is 6.72. The molecule has 1 fully saturated rings. The van der Waals surface area contributed by atoms with E-state index in [1.54, 1.807) is 0 Å². The van der Waals surface area contributed by atoms with Crippen LogP contribution in [0.4, 0.5) is 0 Å². The van der Waals surface area contributed by atoms with Gasteiger partial charge in [0.15, 0.2) is 0 Å². The fourth-order valence-corrected chi connectivity index (χ4v) is 3.00. The lowest BCUT2D eigenvalue weighted by atomic mass is 10.0. The zero-order valence-electron chi connectivity index (χ0n) is 13.1. The molecule has 3 N–H and O–H groups in total.